The average Bonchev–Trinajstić information content (AvgIpc) is 3.01. The topological polar surface area (TPSA) is 57.4 Å². The summed E-state index contributed by atoms with van der Waals surface area (Å²) in [6.45, 7) is 0.454. The molecule has 3 aromatic rings. The lowest BCUT2D eigenvalue weighted by atomic mass is 10.3. The quantitative estimate of drug-likeness (QED) is 0.665. The number of benzene rings is 2. The molecule has 0 bridgehead atoms. The smallest absolute Gasteiger partial charge is 0.254 e. The van der Waals surface area contributed by atoms with Gasteiger partial charge in [-0.05, 0) is 36.4 Å². The zero-order valence-electron chi connectivity index (χ0n) is 11.6. The lowest BCUT2D eigenvalue weighted by molar-refractivity contribution is 0.232. The van der Waals surface area contributed by atoms with E-state index in [2.05, 4.69) is 26.1 Å². The number of halogens is 1. The van der Waals surface area contributed by atoms with Crippen LogP contribution in [0.15, 0.2) is 63.5 Å². The van der Waals surface area contributed by atoms with E-state index in [4.69, 9.17) is 13.9 Å². The second kappa shape index (κ2) is 7.09. The molecular weight excluding hydrogens is 348 g/mol. The van der Waals surface area contributed by atoms with Crippen molar-refractivity contribution in [1.82, 2.24) is 10.2 Å². The maximum atomic E-state index is 5.57. The van der Waals surface area contributed by atoms with E-state index < -0.39 is 0 Å². The number of ether oxygens (including phenoxy) is 2. The Morgan fingerprint density at radius 1 is 0.773 bits per heavy atom. The van der Waals surface area contributed by atoms with Gasteiger partial charge in [0, 0.05) is 4.47 Å². The van der Waals surface area contributed by atoms with Crippen LogP contribution >= 0.6 is 15.9 Å². The van der Waals surface area contributed by atoms with Crippen molar-refractivity contribution < 1.29 is 13.9 Å². The summed E-state index contributed by atoms with van der Waals surface area (Å²) in [5.74, 6) is 2.32. The normalized spacial score (nSPS) is 10.4. The first kappa shape index (κ1) is 14.6. The van der Waals surface area contributed by atoms with Gasteiger partial charge in [0.1, 0.15) is 11.5 Å². The molecule has 1 heterocycles. The third kappa shape index (κ3) is 4.08. The number of aromatic nitrogens is 2. The highest BCUT2D eigenvalue weighted by molar-refractivity contribution is 9.10. The van der Waals surface area contributed by atoms with Gasteiger partial charge in [0.15, 0.2) is 13.2 Å². The zero-order chi connectivity index (χ0) is 15.2. The Morgan fingerprint density at radius 2 is 1.32 bits per heavy atom. The SMILES string of the molecule is Brc1ccc(OCc2nnc(COc3ccccc3)o2)cc1. The van der Waals surface area contributed by atoms with Gasteiger partial charge in [-0.1, -0.05) is 34.1 Å². The molecule has 0 unspecified atom stereocenters. The molecule has 5 nitrogen and oxygen atoms in total. The van der Waals surface area contributed by atoms with Crippen LogP contribution in [-0.4, -0.2) is 10.2 Å². The maximum absolute atomic E-state index is 5.57. The summed E-state index contributed by atoms with van der Waals surface area (Å²) in [6, 6.07) is 17.0. The lowest BCUT2D eigenvalue weighted by Crippen LogP contribution is -1.95. The lowest BCUT2D eigenvalue weighted by Gasteiger charge is -2.03. The van der Waals surface area contributed by atoms with Crippen molar-refractivity contribution in [1.29, 1.82) is 0 Å². The second-order valence-corrected chi connectivity index (χ2v) is 5.35. The Balaban J connectivity index is 1.51. The third-order valence-electron chi connectivity index (χ3n) is 2.79. The third-order valence-corrected chi connectivity index (χ3v) is 3.32. The summed E-state index contributed by atoms with van der Waals surface area (Å²) in [5.41, 5.74) is 0. The largest absolute Gasteiger partial charge is 0.484 e. The Kier molecular flexibility index (Phi) is 4.70. The maximum Gasteiger partial charge on any atom is 0.254 e. The minimum absolute atomic E-state index is 0.222. The molecule has 22 heavy (non-hydrogen) atoms. The van der Waals surface area contributed by atoms with Gasteiger partial charge in [0.2, 0.25) is 0 Å². The monoisotopic (exact) mass is 360 g/mol. The van der Waals surface area contributed by atoms with Gasteiger partial charge in [-0.2, -0.15) is 0 Å². The highest BCUT2D eigenvalue weighted by atomic mass is 79.9. The molecule has 3 rings (SSSR count). The van der Waals surface area contributed by atoms with Crippen LogP contribution in [0.3, 0.4) is 0 Å². The number of hydrogen-bond acceptors (Lipinski definition) is 5. The predicted molar refractivity (Wildman–Crippen MR) is 83.5 cm³/mol. The van der Waals surface area contributed by atoms with Gasteiger partial charge >= 0.3 is 0 Å². The van der Waals surface area contributed by atoms with Crippen LogP contribution in [0.4, 0.5) is 0 Å². The van der Waals surface area contributed by atoms with Crippen molar-refractivity contribution in [2.45, 2.75) is 13.2 Å². The van der Waals surface area contributed by atoms with E-state index in [-0.39, 0.29) is 13.2 Å². The molecule has 0 atom stereocenters. The van der Waals surface area contributed by atoms with Crippen LogP contribution in [0.2, 0.25) is 0 Å². The number of para-hydroxylation sites is 1. The van der Waals surface area contributed by atoms with Crippen molar-refractivity contribution in [3.05, 3.63) is 70.9 Å². The molecule has 0 N–H and O–H groups in total. The first-order valence-corrected chi connectivity index (χ1v) is 7.46. The molecule has 0 spiro atoms. The molecule has 0 aliphatic heterocycles. The van der Waals surface area contributed by atoms with Crippen LogP contribution in [0.5, 0.6) is 11.5 Å². The van der Waals surface area contributed by atoms with Gasteiger partial charge < -0.3 is 13.9 Å². The van der Waals surface area contributed by atoms with E-state index in [1.807, 2.05) is 54.6 Å². The number of nitrogens with zero attached hydrogens (tertiary/aromatic N) is 2. The van der Waals surface area contributed by atoms with Crippen molar-refractivity contribution in [3.8, 4) is 11.5 Å². The van der Waals surface area contributed by atoms with Gasteiger partial charge in [-0.15, -0.1) is 10.2 Å². The van der Waals surface area contributed by atoms with Gasteiger partial charge in [-0.3, -0.25) is 0 Å². The molecule has 0 aliphatic carbocycles. The molecule has 0 amide bonds. The Morgan fingerprint density at radius 3 is 1.91 bits per heavy atom. The highest BCUT2D eigenvalue weighted by Crippen LogP contribution is 2.17. The zero-order valence-corrected chi connectivity index (χ0v) is 13.2. The van der Waals surface area contributed by atoms with Crippen molar-refractivity contribution in [2.75, 3.05) is 0 Å². The summed E-state index contributed by atoms with van der Waals surface area (Å²) in [5, 5.41) is 7.86. The summed E-state index contributed by atoms with van der Waals surface area (Å²) in [4.78, 5) is 0. The summed E-state index contributed by atoms with van der Waals surface area (Å²) >= 11 is 3.37. The standard InChI is InChI=1S/C16H13BrN2O3/c17-12-6-8-14(9-7-12)21-11-16-19-18-15(22-16)10-20-13-4-2-1-3-5-13/h1-9H,10-11H2. The molecule has 0 saturated heterocycles. The van der Waals surface area contributed by atoms with Crippen molar-refractivity contribution in [2.24, 2.45) is 0 Å². The van der Waals surface area contributed by atoms with Gasteiger partial charge in [0.25, 0.3) is 11.8 Å². The first-order chi connectivity index (χ1) is 10.8. The number of hydrogen-bond donors (Lipinski definition) is 0. The summed E-state index contributed by atoms with van der Waals surface area (Å²) in [6.07, 6.45) is 0. The summed E-state index contributed by atoms with van der Waals surface area (Å²) < 4.78 is 17.6. The van der Waals surface area contributed by atoms with Crippen LogP contribution in [0, 0.1) is 0 Å². The number of rotatable bonds is 6. The fraction of sp³-hybridized carbons (Fsp3) is 0.125. The molecular formula is C16H13BrN2O3. The second-order valence-electron chi connectivity index (χ2n) is 4.43. The molecule has 6 heteroatoms. The molecule has 2 aromatic carbocycles. The minimum atomic E-state index is 0.222. The molecule has 0 saturated carbocycles. The van der Waals surface area contributed by atoms with Crippen LogP contribution in [0.25, 0.3) is 0 Å². The molecule has 1 aromatic heterocycles. The van der Waals surface area contributed by atoms with Crippen molar-refractivity contribution in [3.63, 3.8) is 0 Å². The van der Waals surface area contributed by atoms with E-state index in [9.17, 15) is 0 Å². The fourth-order valence-corrected chi connectivity index (χ4v) is 2.01. The predicted octanol–water partition coefficient (Wildman–Crippen LogP) is 3.99. The Hall–Kier alpha value is -2.34. The van der Waals surface area contributed by atoms with Crippen molar-refractivity contribution >= 4 is 15.9 Å². The van der Waals surface area contributed by atoms with E-state index in [0.717, 1.165) is 16.0 Å². The van der Waals surface area contributed by atoms with E-state index in [1.165, 1.54) is 0 Å². The molecule has 112 valence electrons. The van der Waals surface area contributed by atoms with E-state index in [0.29, 0.717) is 11.8 Å². The van der Waals surface area contributed by atoms with Gasteiger partial charge in [0.05, 0.1) is 0 Å². The van der Waals surface area contributed by atoms with Gasteiger partial charge in [-0.25, -0.2) is 0 Å². The van der Waals surface area contributed by atoms with Crippen LogP contribution in [0.1, 0.15) is 11.8 Å². The molecule has 0 radical (unpaired) electrons. The molecule has 0 fully saturated rings. The average molecular weight is 361 g/mol. The molecule has 0 aliphatic rings. The minimum Gasteiger partial charge on any atom is -0.484 e. The van der Waals surface area contributed by atoms with E-state index in [1.54, 1.807) is 0 Å². The highest BCUT2D eigenvalue weighted by Gasteiger charge is 2.07. The van der Waals surface area contributed by atoms with Crippen LogP contribution in [-0.2, 0) is 13.2 Å². The van der Waals surface area contributed by atoms with E-state index >= 15 is 0 Å². The Labute approximate surface area is 136 Å². The fourth-order valence-electron chi connectivity index (χ4n) is 1.74. The first-order valence-electron chi connectivity index (χ1n) is 6.67. The summed E-state index contributed by atoms with van der Waals surface area (Å²) in [7, 11) is 0. The van der Waals surface area contributed by atoms with Crippen LogP contribution < -0.4 is 9.47 Å². The Bertz CT molecular complexity index is 714.